The van der Waals surface area contributed by atoms with E-state index in [0.717, 1.165) is 36.1 Å². The fraction of sp³-hybridized carbons (Fsp3) is 0.273. The van der Waals surface area contributed by atoms with Crippen molar-refractivity contribution in [3.63, 3.8) is 0 Å². The molecule has 0 spiro atoms. The van der Waals surface area contributed by atoms with Gasteiger partial charge in [-0.2, -0.15) is 4.39 Å². The zero-order chi connectivity index (χ0) is 24.4. The molecule has 6 N–H and O–H groups in total. The number of rotatable bonds is 11. The van der Waals surface area contributed by atoms with E-state index < -0.39 is 28.8 Å². The molecule has 11 heteroatoms. The topological polar surface area (TPSA) is 124 Å². The summed E-state index contributed by atoms with van der Waals surface area (Å²) >= 11 is 3.14. The number of hydroxylamine groups is 1. The van der Waals surface area contributed by atoms with Gasteiger partial charge >= 0.3 is 0 Å². The summed E-state index contributed by atoms with van der Waals surface area (Å²) in [5.41, 5.74) is 11.6. The van der Waals surface area contributed by atoms with Gasteiger partial charge in [0.1, 0.15) is 5.82 Å². The molecule has 0 saturated carbocycles. The van der Waals surface area contributed by atoms with Gasteiger partial charge < -0.3 is 21.4 Å². The normalized spacial score (nSPS) is 11.7. The van der Waals surface area contributed by atoms with Crippen LogP contribution in [-0.2, 0) is 11.4 Å². The number of nitrogens with two attached hydrogens (primary N) is 2. The molecule has 0 aliphatic heterocycles. The average molecular weight is 526 g/mol. The highest BCUT2D eigenvalue weighted by Crippen LogP contribution is 2.26. The Labute approximate surface area is 198 Å². The smallest absolute Gasteiger partial charge is 0.289 e. The Kier molecular flexibility index (Phi) is 10.1. The van der Waals surface area contributed by atoms with Gasteiger partial charge in [-0.15, -0.1) is 0 Å². The van der Waals surface area contributed by atoms with Crippen molar-refractivity contribution < 1.29 is 18.4 Å². The van der Waals surface area contributed by atoms with Crippen molar-refractivity contribution in [1.29, 1.82) is 0 Å². The summed E-state index contributed by atoms with van der Waals surface area (Å²) in [6, 6.07) is 4.03. The van der Waals surface area contributed by atoms with Crippen LogP contribution < -0.4 is 27.8 Å². The molecule has 0 fully saturated rings. The van der Waals surface area contributed by atoms with E-state index in [4.69, 9.17) is 16.3 Å². The molecule has 1 amide bonds. The third-order valence-corrected chi connectivity index (χ3v) is 4.94. The number of amides is 1. The lowest BCUT2D eigenvalue weighted by molar-refractivity contribution is 0.0298. The Morgan fingerprint density at radius 2 is 2.06 bits per heavy atom. The third-order valence-electron chi connectivity index (χ3n) is 4.45. The molecule has 0 unspecified atom stereocenters. The van der Waals surface area contributed by atoms with Gasteiger partial charge in [-0.05, 0) is 43.0 Å². The maximum absolute atomic E-state index is 15.1. The van der Waals surface area contributed by atoms with Crippen molar-refractivity contribution in [1.82, 2.24) is 10.0 Å². The van der Waals surface area contributed by atoms with Gasteiger partial charge in [-0.25, -0.2) is 9.87 Å². The van der Waals surface area contributed by atoms with Crippen molar-refractivity contribution in [2.24, 2.45) is 11.5 Å². The predicted molar refractivity (Wildman–Crippen MR) is 127 cm³/mol. The van der Waals surface area contributed by atoms with Crippen molar-refractivity contribution in [2.75, 3.05) is 11.9 Å². The van der Waals surface area contributed by atoms with Crippen molar-refractivity contribution >= 4 is 33.2 Å². The molecule has 2 aromatic rings. The number of carbonyl (C=O) groups excluding carboxylic acids is 1. The number of aromatic nitrogens is 1. The second kappa shape index (κ2) is 12.8. The highest BCUT2D eigenvalue weighted by Gasteiger charge is 2.22. The molecule has 0 atom stereocenters. The molecule has 8 nitrogen and oxygen atoms in total. The van der Waals surface area contributed by atoms with Crippen LogP contribution in [0.15, 0.2) is 57.7 Å². The summed E-state index contributed by atoms with van der Waals surface area (Å²) in [6.45, 7) is 2.07. The highest BCUT2D eigenvalue weighted by molar-refractivity contribution is 9.10. The van der Waals surface area contributed by atoms with Crippen LogP contribution in [0.25, 0.3) is 0 Å². The van der Waals surface area contributed by atoms with Crippen molar-refractivity contribution in [3.8, 4) is 0 Å². The lowest BCUT2D eigenvalue weighted by Gasteiger charge is -2.16. The molecule has 0 aliphatic carbocycles. The van der Waals surface area contributed by atoms with Gasteiger partial charge in [0.2, 0.25) is 5.82 Å². The Hall–Kier alpha value is -3.18. The fourth-order valence-electron chi connectivity index (χ4n) is 2.79. The minimum Gasteiger partial charge on any atom is -0.405 e. The van der Waals surface area contributed by atoms with Crippen molar-refractivity contribution in [3.05, 3.63) is 80.5 Å². The molecule has 0 bridgehead atoms. The number of pyridine rings is 1. The first-order valence-corrected chi connectivity index (χ1v) is 11.0. The molecular formula is C22H26BrF2N5O3. The molecule has 178 valence electrons. The number of nitrogens with zero attached hydrogens (tertiary/aromatic N) is 1. The number of nitrogens with one attached hydrogen (secondary N) is 2. The Morgan fingerprint density at radius 1 is 1.30 bits per heavy atom. The number of halogens is 3. The van der Waals surface area contributed by atoms with E-state index >= 15 is 4.39 Å². The molecule has 1 aromatic heterocycles. The lowest BCUT2D eigenvalue weighted by atomic mass is 10.2. The van der Waals surface area contributed by atoms with Crippen LogP contribution in [-0.4, -0.2) is 17.1 Å². The lowest BCUT2D eigenvalue weighted by Crippen LogP contribution is -2.31. The van der Waals surface area contributed by atoms with Gasteiger partial charge in [0, 0.05) is 16.4 Å². The summed E-state index contributed by atoms with van der Waals surface area (Å²) in [6.07, 6.45) is 7.84. The number of benzene rings is 1. The zero-order valence-corrected chi connectivity index (χ0v) is 19.6. The number of carbonyl (C=O) groups is 1. The van der Waals surface area contributed by atoms with E-state index in [1.165, 1.54) is 30.5 Å². The van der Waals surface area contributed by atoms with Crippen LogP contribution in [0.5, 0.6) is 0 Å². The van der Waals surface area contributed by atoms with Gasteiger partial charge in [0.05, 0.1) is 30.1 Å². The first-order chi connectivity index (χ1) is 15.8. The quantitative estimate of drug-likeness (QED) is 0.201. The molecule has 0 aliphatic rings. The van der Waals surface area contributed by atoms with E-state index in [-0.39, 0.29) is 30.1 Å². The number of hydrogen-bond donors (Lipinski definition) is 4. The summed E-state index contributed by atoms with van der Waals surface area (Å²) in [4.78, 5) is 30.5. The predicted octanol–water partition coefficient (Wildman–Crippen LogP) is 3.80. The minimum atomic E-state index is -1.28. The summed E-state index contributed by atoms with van der Waals surface area (Å²) in [5, 5.41) is 2.51. The van der Waals surface area contributed by atoms with Gasteiger partial charge in [-0.1, -0.05) is 35.7 Å². The molecule has 0 saturated heterocycles. The average Bonchev–Trinajstić information content (AvgIpc) is 2.78. The Morgan fingerprint density at radius 3 is 2.73 bits per heavy atom. The summed E-state index contributed by atoms with van der Waals surface area (Å²) in [7, 11) is 0. The zero-order valence-electron chi connectivity index (χ0n) is 18.0. The molecular weight excluding hydrogens is 500 g/mol. The second-order valence-corrected chi connectivity index (χ2v) is 7.94. The second-order valence-electron chi connectivity index (χ2n) is 7.03. The van der Waals surface area contributed by atoms with E-state index in [2.05, 4.69) is 26.7 Å². The van der Waals surface area contributed by atoms with E-state index in [9.17, 15) is 14.0 Å². The van der Waals surface area contributed by atoms with Crippen LogP contribution >= 0.6 is 15.9 Å². The molecule has 33 heavy (non-hydrogen) atoms. The van der Waals surface area contributed by atoms with Crippen LogP contribution in [0.2, 0.25) is 0 Å². The SMILES string of the molecule is CCCCCONC(=O)c1cn(C/C(N)=C/C=C\N)c(=O)c(F)c1Nc1ccc(Br)cc1F. The largest absolute Gasteiger partial charge is 0.405 e. The minimum absolute atomic E-state index is 0.125. The first kappa shape index (κ1) is 26.1. The Balaban J connectivity index is 2.45. The monoisotopic (exact) mass is 525 g/mol. The molecule has 2 rings (SSSR count). The highest BCUT2D eigenvalue weighted by atomic mass is 79.9. The molecule has 1 heterocycles. The van der Waals surface area contributed by atoms with Crippen LogP contribution in [0, 0.1) is 11.6 Å². The van der Waals surface area contributed by atoms with Crippen LogP contribution in [0.4, 0.5) is 20.2 Å². The standard InChI is InChI=1S/C22H26BrF2N5O3/c1-2-3-4-10-33-29-21(31)16-13-30(12-15(27)6-5-9-26)22(32)19(25)20(16)28-18-8-7-14(23)11-17(18)24/h5-9,11,13,28H,2-4,10,12,26-27H2,1H3,(H,29,31)/b9-5-,15-6-. The Bertz CT molecular complexity index is 1100. The summed E-state index contributed by atoms with van der Waals surface area (Å²) < 4.78 is 30.9. The van der Waals surface area contributed by atoms with E-state index in [1.807, 2.05) is 6.92 Å². The third kappa shape index (κ3) is 7.43. The number of allylic oxidation sites excluding steroid dienone is 3. The summed E-state index contributed by atoms with van der Waals surface area (Å²) in [5.74, 6) is -2.81. The van der Waals surface area contributed by atoms with Gasteiger partial charge in [0.15, 0.2) is 0 Å². The van der Waals surface area contributed by atoms with Crippen LogP contribution in [0.3, 0.4) is 0 Å². The van der Waals surface area contributed by atoms with Gasteiger partial charge in [-0.3, -0.25) is 14.4 Å². The molecule has 1 aromatic carbocycles. The van der Waals surface area contributed by atoms with Crippen LogP contribution in [0.1, 0.15) is 36.5 Å². The van der Waals surface area contributed by atoms with E-state index in [0.29, 0.717) is 4.47 Å². The van der Waals surface area contributed by atoms with Gasteiger partial charge in [0.25, 0.3) is 11.5 Å². The van der Waals surface area contributed by atoms with Crippen molar-refractivity contribution in [2.45, 2.75) is 32.7 Å². The number of hydrogen-bond acceptors (Lipinski definition) is 6. The maximum atomic E-state index is 15.1. The fourth-order valence-corrected chi connectivity index (χ4v) is 3.13. The van der Waals surface area contributed by atoms with E-state index in [1.54, 1.807) is 0 Å². The molecule has 0 radical (unpaired) electrons. The first-order valence-electron chi connectivity index (χ1n) is 10.2. The maximum Gasteiger partial charge on any atom is 0.289 e. The number of anilines is 2. The number of unbranched alkanes of at least 4 members (excludes halogenated alkanes) is 2.